The van der Waals surface area contributed by atoms with Gasteiger partial charge in [0.15, 0.2) is 0 Å². The standard InChI is InChI=1S/C11H12N2O/c1-8(2)11(14)13-6-4-9-7-12-5-3-10(9)13/h3,5,7H,1,4,6H2,2H3. The predicted molar refractivity (Wildman–Crippen MR) is 55.1 cm³/mol. The van der Waals surface area contributed by atoms with Crippen LogP contribution in [-0.4, -0.2) is 17.4 Å². The van der Waals surface area contributed by atoms with Gasteiger partial charge in [0, 0.05) is 24.5 Å². The summed E-state index contributed by atoms with van der Waals surface area (Å²) in [5.41, 5.74) is 2.70. The highest BCUT2D eigenvalue weighted by Gasteiger charge is 2.24. The number of hydrogen-bond acceptors (Lipinski definition) is 2. The highest BCUT2D eigenvalue weighted by atomic mass is 16.2. The number of nitrogens with zero attached hydrogens (tertiary/aromatic N) is 2. The van der Waals surface area contributed by atoms with Gasteiger partial charge in [-0.15, -0.1) is 0 Å². The van der Waals surface area contributed by atoms with Crippen molar-refractivity contribution in [2.24, 2.45) is 0 Å². The summed E-state index contributed by atoms with van der Waals surface area (Å²) in [5, 5.41) is 0. The lowest BCUT2D eigenvalue weighted by molar-refractivity contribution is -0.115. The average molecular weight is 188 g/mol. The van der Waals surface area contributed by atoms with Gasteiger partial charge in [-0.2, -0.15) is 0 Å². The molecule has 14 heavy (non-hydrogen) atoms. The van der Waals surface area contributed by atoms with E-state index in [1.165, 1.54) is 0 Å². The van der Waals surface area contributed by atoms with E-state index < -0.39 is 0 Å². The molecule has 0 unspecified atom stereocenters. The Labute approximate surface area is 83.1 Å². The smallest absolute Gasteiger partial charge is 0.253 e. The Morgan fingerprint density at radius 3 is 3.14 bits per heavy atom. The maximum atomic E-state index is 11.7. The third kappa shape index (κ3) is 1.31. The van der Waals surface area contributed by atoms with Crippen LogP contribution in [0.25, 0.3) is 0 Å². The third-order valence-corrected chi connectivity index (χ3v) is 2.38. The van der Waals surface area contributed by atoms with Gasteiger partial charge in [0.05, 0.1) is 5.69 Å². The zero-order chi connectivity index (χ0) is 10.1. The molecule has 1 amide bonds. The molecule has 1 aromatic heterocycles. The summed E-state index contributed by atoms with van der Waals surface area (Å²) in [7, 11) is 0. The van der Waals surface area contributed by atoms with Gasteiger partial charge in [0.25, 0.3) is 5.91 Å². The topological polar surface area (TPSA) is 33.2 Å². The lowest BCUT2D eigenvalue weighted by atomic mass is 10.2. The van der Waals surface area contributed by atoms with Crippen molar-refractivity contribution in [1.82, 2.24) is 4.98 Å². The third-order valence-electron chi connectivity index (χ3n) is 2.38. The molecule has 3 nitrogen and oxygen atoms in total. The Kier molecular flexibility index (Phi) is 2.08. The van der Waals surface area contributed by atoms with Crippen LogP contribution in [0, 0.1) is 0 Å². The summed E-state index contributed by atoms with van der Waals surface area (Å²) in [5.74, 6) is 0.00921. The van der Waals surface area contributed by atoms with Crippen LogP contribution in [0.15, 0.2) is 30.6 Å². The van der Waals surface area contributed by atoms with Crippen LogP contribution in [0.4, 0.5) is 5.69 Å². The SMILES string of the molecule is C=C(C)C(=O)N1CCc2cnccc21. The lowest BCUT2D eigenvalue weighted by Crippen LogP contribution is -2.29. The van der Waals surface area contributed by atoms with E-state index in [-0.39, 0.29) is 5.91 Å². The van der Waals surface area contributed by atoms with Gasteiger partial charge in [-0.25, -0.2) is 0 Å². The van der Waals surface area contributed by atoms with Crippen LogP contribution in [0.1, 0.15) is 12.5 Å². The molecule has 0 aliphatic carbocycles. The molecule has 0 saturated carbocycles. The average Bonchev–Trinajstić information content (AvgIpc) is 2.60. The number of amides is 1. The number of fused-ring (bicyclic) bond motifs is 1. The summed E-state index contributed by atoms with van der Waals surface area (Å²) < 4.78 is 0. The molecule has 72 valence electrons. The second kappa shape index (κ2) is 3.25. The fourth-order valence-corrected chi connectivity index (χ4v) is 1.67. The van der Waals surface area contributed by atoms with Crippen LogP contribution >= 0.6 is 0 Å². The van der Waals surface area contributed by atoms with Gasteiger partial charge in [0.1, 0.15) is 0 Å². The maximum Gasteiger partial charge on any atom is 0.253 e. The highest BCUT2D eigenvalue weighted by molar-refractivity contribution is 6.05. The largest absolute Gasteiger partial charge is 0.308 e. The normalized spacial score (nSPS) is 13.9. The molecule has 1 aliphatic rings. The Morgan fingerprint density at radius 2 is 2.43 bits per heavy atom. The molecule has 0 aromatic carbocycles. The summed E-state index contributed by atoms with van der Waals surface area (Å²) in [6.45, 7) is 6.15. The number of aromatic nitrogens is 1. The fraction of sp³-hybridized carbons (Fsp3) is 0.273. The van der Waals surface area contributed by atoms with Gasteiger partial charge >= 0.3 is 0 Å². The van der Waals surface area contributed by atoms with E-state index in [0.29, 0.717) is 5.57 Å². The number of rotatable bonds is 1. The number of carbonyl (C=O) groups excluding carboxylic acids is 1. The quantitative estimate of drug-likeness (QED) is 0.626. The molecule has 0 fully saturated rings. The highest BCUT2D eigenvalue weighted by Crippen LogP contribution is 2.27. The summed E-state index contributed by atoms with van der Waals surface area (Å²) in [4.78, 5) is 17.5. The minimum Gasteiger partial charge on any atom is -0.308 e. The molecule has 0 N–H and O–H groups in total. The van der Waals surface area contributed by atoms with Crippen molar-refractivity contribution < 1.29 is 4.79 Å². The van der Waals surface area contributed by atoms with E-state index in [9.17, 15) is 4.79 Å². The van der Waals surface area contributed by atoms with Crippen LogP contribution in [-0.2, 0) is 11.2 Å². The van der Waals surface area contributed by atoms with Gasteiger partial charge in [-0.3, -0.25) is 9.78 Å². The molecule has 3 heteroatoms. The Hall–Kier alpha value is -1.64. The van der Waals surface area contributed by atoms with Gasteiger partial charge in [-0.1, -0.05) is 6.58 Å². The monoisotopic (exact) mass is 188 g/mol. The molecule has 0 saturated heterocycles. The van der Waals surface area contributed by atoms with Crippen LogP contribution in [0.5, 0.6) is 0 Å². The first-order chi connectivity index (χ1) is 6.70. The summed E-state index contributed by atoms with van der Waals surface area (Å²) in [6.07, 6.45) is 4.42. The van der Waals surface area contributed by atoms with E-state index in [1.807, 2.05) is 12.3 Å². The van der Waals surface area contributed by atoms with Crippen molar-refractivity contribution in [1.29, 1.82) is 0 Å². The van der Waals surface area contributed by atoms with E-state index in [4.69, 9.17) is 0 Å². The van der Waals surface area contributed by atoms with Crippen molar-refractivity contribution in [3.63, 3.8) is 0 Å². The minimum absolute atomic E-state index is 0.00921. The Bertz CT molecular complexity index is 398. The first-order valence-corrected chi connectivity index (χ1v) is 4.60. The molecule has 0 spiro atoms. The molecular weight excluding hydrogens is 176 g/mol. The van der Waals surface area contributed by atoms with Crippen molar-refractivity contribution in [2.45, 2.75) is 13.3 Å². The van der Waals surface area contributed by atoms with Crippen molar-refractivity contribution in [3.05, 3.63) is 36.2 Å². The van der Waals surface area contributed by atoms with Crippen LogP contribution < -0.4 is 4.90 Å². The van der Waals surface area contributed by atoms with E-state index in [2.05, 4.69) is 11.6 Å². The molecule has 1 aliphatic heterocycles. The van der Waals surface area contributed by atoms with Crippen LogP contribution in [0.2, 0.25) is 0 Å². The van der Waals surface area contributed by atoms with Crippen LogP contribution in [0.3, 0.4) is 0 Å². The number of pyridine rings is 1. The van der Waals surface area contributed by atoms with Crippen molar-refractivity contribution in [3.8, 4) is 0 Å². The first-order valence-electron chi connectivity index (χ1n) is 4.60. The minimum atomic E-state index is 0.00921. The zero-order valence-corrected chi connectivity index (χ0v) is 8.16. The molecule has 2 heterocycles. The second-order valence-electron chi connectivity index (χ2n) is 3.49. The van der Waals surface area contributed by atoms with Gasteiger partial charge in [0.2, 0.25) is 0 Å². The van der Waals surface area contributed by atoms with E-state index in [1.54, 1.807) is 18.0 Å². The lowest BCUT2D eigenvalue weighted by Gasteiger charge is -2.16. The first kappa shape index (κ1) is 8.94. The summed E-state index contributed by atoms with van der Waals surface area (Å²) >= 11 is 0. The number of anilines is 1. The van der Waals surface area contributed by atoms with E-state index in [0.717, 1.165) is 24.2 Å². The Balaban J connectivity index is 2.35. The fourth-order valence-electron chi connectivity index (χ4n) is 1.67. The molecule has 0 bridgehead atoms. The maximum absolute atomic E-state index is 11.7. The molecule has 2 rings (SSSR count). The molecule has 0 atom stereocenters. The second-order valence-corrected chi connectivity index (χ2v) is 3.49. The van der Waals surface area contributed by atoms with Crippen molar-refractivity contribution in [2.75, 3.05) is 11.4 Å². The molecule has 0 radical (unpaired) electrons. The summed E-state index contributed by atoms with van der Waals surface area (Å²) in [6, 6.07) is 1.88. The van der Waals surface area contributed by atoms with Crippen molar-refractivity contribution >= 4 is 11.6 Å². The van der Waals surface area contributed by atoms with E-state index >= 15 is 0 Å². The number of carbonyl (C=O) groups is 1. The Morgan fingerprint density at radius 1 is 1.64 bits per heavy atom. The van der Waals surface area contributed by atoms with Gasteiger partial charge < -0.3 is 4.90 Å². The molecule has 1 aromatic rings. The van der Waals surface area contributed by atoms with Gasteiger partial charge in [-0.05, 0) is 25.0 Å². The zero-order valence-electron chi connectivity index (χ0n) is 8.16. The number of hydrogen-bond donors (Lipinski definition) is 0. The molecular formula is C11H12N2O. The predicted octanol–water partition coefficient (Wildman–Crippen LogP) is 1.55.